The van der Waals surface area contributed by atoms with E-state index in [9.17, 15) is 22.8 Å². The van der Waals surface area contributed by atoms with E-state index in [0.29, 0.717) is 12.1 Å². The fraction of sp³-hybridized carbons (Fsp3) is 0.290. The summed E-state index contributed by atoms with van der Waals surface area (Å²) in [7, 11) is -4.37. The number of hydrogen-bond acceptors (Lipinski definition) is 8. The molecule has 0 saturated carbocycles. The molecule has 1 saturated heterocycles. The van der Waals surface area contributed by atoms with E-state index in [1.54, 1.807) is 31.5 Å². The van der Waals surface area contributed by atoms with E-state index < -0.39 is 39.3 Å². The molecular formula is C31H30Cl2N8O5S. The third-order valence-corrected chi connectivity index (χ3v) is 10.6. The number of sulfonamides is 1. The van der Waals surface area contributed by atoms with Crippen molar-refractivity contribution in [3.05, 3.63) is 83.0 Å². The average molecular weight is 698 g/mol. The minimum atomic E-state index is -4.37. The maximum atomic E-state index is 14.5. The van der Waals surface area contributed by atoms with Crippen molar-refractivity contribution in [3.63, 3.8) is 0 Å². The maximum Gasteiger partial charge on any atom is 0.261 e. The zero-order chi connectivity index (χ0) is 33.5. The first kappa shape index (κ1) is 32.6. The average Bonchev–Trinajstić information content (AvgIpc) is 3.75. The van der Waals surface area contributed by atoms with Crippen molar-refractivity contribution >= 4 is 62.6 Å². The Hall–Kier alpha value is -4.37. The summed E-state index contributed by atoms with van der Waals surface area (Å²) in [6.45, 7) is 1.72. The predicted octanol–water partition coefficient (Wildman–Crippen LogP) is 3.43. The molecule has 0 radical (unpaired) electrons. The molecule has 3 N–H and O–H groups in total. The van der Waals surface area contributed by atoms with E-state index in [0.717, 1.165) is 21.0 Å². The summed E-state index contributed by atoms with van der Waals surface area (Å²) in [5.41, 5.74) is 6.47. The number of rotatable bonds is 10. The number of hydrogen-bond donors (Lipinski definition) is 2. The highest BCUT2D eigenvalue weighted by molar-refractivity contribution is 7.89. The highest BCUT2D eigenvalue weighted by atomic mass is 35.5. The first-order chi connectivity index (χ1) is 22.4. The molecule has 16 heteroatoms. The number of nitrogens with zero attached hydrogens (tertiary/aromatic N) is 6. The molecule has 244 valence electrons. The van der Waals surface area contributed by atoms with Crippen molar-refractivity contribution in [2.45, 2.75) is 49.2 Å². The van der Waals surface area contributed by atoms with Crippen LogP contribution in [0, 0.1) is 0 Å². The van der Waals surface area contributed by atoms with Crippen LogP contribution in [0.25, 0.3) is 11.1 Å². The van der Waals surface area contributed by atoms with Gasteiger partial charge in [-0.15, -0.1) is 0 Å². The summed E-state index contributed by atoms with van der Waals surface area (Å²) < 4.78 is 31.3. The van der Waals surface area contributed by atoms with Crippen LogP contribution in [0.5, 0.6) is 0 Å². The first-order valence-corrected chi connectivity index (χ1v) is 16.9. The number of benzene rings is 2. The minimum absolute atomic E-state index is 0.0134. The van der Waals surface area contributed by atoms with Crippen LogP contribution < -0.4 is 16.0 Å². The molecule has 2 aliphatic heterocycles. The van der Waals surface area contributed by atoms with Gasteiger partial charge in [-0.2, -0.15) is 4.31 Å². The molecule has 3 amide bonds. The second-order valence-electron chi connectivity index (χ2n) is 11.6. The maximum absolute atomic E-state index is 14.5. The number of halogens is 2. The molecular weight excluding hydrogens is 667 g/mol. The van der Waals surface area contributed by atoms with Gasteiger partial charge in [0.2, 0.25) is 17.8 Å². The molecule has 4 heterocycles. The summed E-state index contributed by atoms with van der Waals surface area (Å²) in [4.78, 5) is 52.6. The fourth-order valence-corrected chi connectivity index (χ4v) is 8.47. The normalized spacial score (nSPS) is 19.6. The summed E-state index contributed by atoms with van der Waals surface area (Å²) >= 11 is 12.6. The highest BCUT2D eigenvalue weighted by Crippen LogP contribution is 2.45. The topological polar surface area (TPSA) is 173 Å². The molecule has 2 aromatic heterocycles. The van der Waals surface area contributed by atoms with Crippen LogP contribution in [-0.4, -0.2) is 69.1 Å². The standard InChI is InChI=1S/C31H30Cl2N8O5S/c1-31(14-19-4-6-20(7-5-19)21-15-35-18-36-16-21)29(44)40(24-12-22(32)11-23(33)13-24)30-38-17-27(41(30)31)47(45,46)39-10-2-3-25(39)28(43)37-9-8-26(34)42/h4-7,11-13,15-18,25H,2-3,8-10,14H2,1H3,(H2,34,42)(H,37,43). The van der Waals surface area contributed by atoms with Crippen molar-refractivity contribution in [1.29, 1.82) is 0 Å². The number of carbonyl (C=O) groups excluding carboxylic acids is 3. The number of fused-ring (bicyclic) bond motifs is 1. The Morgan fingerprint density at radius 1 is 1.04 bits per heavy atom. The van der Waals surface area contributed by atoms with Gasteiger partial charge in [-0.1, -0.05) is 47.5 Å². The Morgan fingerprint density at radius 2 is 1.72 bits per heavy atom. The van der Waals surface area contributed by atoms with Gasteiger partial charge in [-0.3, -0.25) is 19.0 Å². The Kier molecular flexibility index (Phi) is 8.78. The summed E-state index contributed by atoms with van der Waals surface area (Å²) in [6.07, 6.45) is 6.77. The molecule has 0 bridgehead atoms. The van der Waals surface area contributed by atoms with Gasteiger partial charge in [0.05, 0.1) is 11.9 Å². The molecule has 1 fully saturated rings. The molecule has 0 aliphatic carbocycles. The Morgan fingerprint density at radius 3 is 2.38 bits per heavy atom. The molecule has 47 heavy (non-hydrogen) atoms. The second kappa shape index (κ2) is 12.7. The van der Waals surface area contributed by atoms with Crippen molar-refractivity contribution in [2.24, 2.45) is 5.73 Å². The van der Waals surface area contributed by atoms with Gasteiger partial charge in [0.1, 0.15) is 17.9 Å². The van der Waals surface area contributed by atoms with Gasteiger partial charge >= 0.3 is 0 Å². The number of anilines is 2. The lowest BCUT2D eigenvalue weighted by molar-refractivity contribution is -0.125. The van der Waals surface area contributed by atoms with E-state index in [1.165, 1.54) is 28.1 Å². The number of imidazole rings is 1. The zero-order valence-corrected chi connectivity index (χ0v) is 27.5. The second-order valence-corrected chi connectivity index (χ2v) is 14.3. The lowest BCUT2D eigenvalue weighted by Gasteiger charge is -2.29. The molecule has 2 aliphatic rings. The van der Waals surface area contributed by atoms with Crippen LogP contribution in [0.3, 0.4) is 0 Å². The predicted molar refractivity (Wildman–Crippen MR) is 174 cm³/mol. The molecule has 2 unspecified atom stereocenters. The lowest BCUT2D eigenvalue weighted by Crippen LogP contribution is -2.48. The smallest absolute Gasteiger partial charge is 0.261 e. The van der Waals surface area contributed by atoms with E-state index in [-0.39, 0.29) is 53.4 Å². The van der Waals surface area contributed by atoms with E-state index in [1.807, 2.05) is 24.3 Å². The Labute approximate surface area is 280 Å². The number of primary amides is 1. The van der Waals surface area contributed by atoms with Gasteiger partial charge in [0.25, 0.3) is 15.9 Å². The molecule has 0 spiro atoms. The van der Waals surface area contributed by atoms with Crippen LogP contribution in [0.2, 0.25) is 10.0 Å². The minimum Gasteiger partial charge on any atom is -0.370 e. The van der Waals surface area contributed by atoms with Crippen LogP contribution in [0.4, 0.5) is 11.6 Å². The fourth-order valence-electron chi connectivity index (χ4n) is 6.11. The quantitative estimate of drug-likeness (QED) is 0.254. The van der Waals surface area contributed by atoms with Crippen molar-refractivity contribution in [3.8, 4) is 11.1 Å². The molecule has 13 nitrogen and oxygen atoms in total. The third-order valence-electron chi connectivity index (χ3n) is 8.32. The van der Waals surface area contributed by atoms with Gasteiger partial charge in [0.15, 0.2) is 5.03 Å². The van der Waals surface area contributed by atoms with Crippen molar-refractivity contribution < 1.29 is 22.8 Å². The summed E-state index contributed by atoms with van der Waals surface area (Å²) in [6, 6.07) is 11.1. The lowest BCUT2D eigenvalue weighted by atomic mass is 9.91. The monoisotopic (exact) mass is 696 g/mol. The van der Waals surface area contributed by atoms with Crippen LogP contribution in [-0.2, 0) is 36.4 Å². The molecule has 6 rings (SSSR count). The molecule has 2 aromatic carbocycles. The first-order valence-electron chi connectivity index (χ1n) is 14.7. The summed E-state index contributed by atoms with van der Waals surface area (Å²) in [5.74, 6) is -1.51. The molecule has 2 atom stereocenters. The highest BCUT2D eigenvalue weighted by Gasteiger charge is 2.53. The number of nitrogens with two attached hydrogens (primary N) is 1. The van der Waals surface area contributed by atoms with E-state index in [4.69, 9.17) is 28.9 Å². The summed E-state index contributed by atoms with van der Waals surface area (Å²) in [5, 5.41) is 2.92. The molecule has 4 aromatic rings. The number of amides is 3. The van der Waals surface area contributed by atoms with Gasteiger partial charge in [-0.25, -0.2) is 28.3 Å². The van der Waals surface area contributed by atoms with Gasteiger partial charge in [-0.05, 0) is 49.1 Å². The van der Waals surface area contributed by atoms with Crippen molar-refractivity contribution in [1.82, 2.24) is 29.1 Å². The zero-order valence-electron chi connectivity index (χ0n) is 25.1. The Balaban J connectivity index is 1.41. The Bertz CT molecular complexity index is 1950. The van der Waals surface area contributed by atoms with Crippen molar-refractivity contribution in [2.75, 3.05) is 18.0 Å². The van der Waals surface area contributed by atoms with Gasteiger partial charge < -0.3 is 11.1 Å². The third kappa shape index (κ3) is 6.09. The number of aromatic nitrogens is 4. The van der Waals surface area contributed by atoms with Gasteiger partial charge in [0, 0.05) is 53.9 Å². The van der Waals surface area contributed by atoms with Crippen LogP contribution in [0.1, 0.15) is 31.7 Å². The van der Waals surface area contributed by atoms with E-state index in [2.05, 4.69) is 20.3 Å². The SMILES string of the molecule is CC1(Cc2ccc(-c3cncnc3)cc2)C(=O)N(c2cc(Cl)cc(Cl)c2)c2ncc(S(=O)(=O)N3CCCC3C(=O)NCCC(N)=O)n21. The largest absolute Gasteiger partial charge is 0.370 e. The number of nitrogens with one attached hydrogen (secondary N) is 1. The van der Waals surface area contributed by atoms with Crippen LogP contribution >= 0.6 is 23.2 Å². The van der Waals surface area contributed by atoms with Crippen LogP contribution in [0.15, 0.2) is 72.4 Å². The van der Waals surface area contributed by atoms with E-state index >= 15 is 0 Å². The number of carbonyl (C=O) groups is 3.